The predicted octanol–water partition coefficient (Wildman–Crippen LogP) is 12.2. The van der Waals surface area contributed by atoms with E-state index in [9.17, 15) is 9.90 Å². The van der Waals surface area contributed by atoms with Gasteiger partial charge in [-0.1, -0.05) is 139 Å². The van der Waals surface area contributed by atoms with Crippen LogP contribution in [-0.2, 0) is 10.9 Å². The van der Waals surface area contributed by atoms with E-state index in [1.165, 1.54) is 26.3 Å². The van der Waals surface area contributed by atoms with Crippen LogP contribution in [0.5, 0.6) is 34.5 Å². The fourth-order valence-electron chi connectivity index (χ4n) is 5.96. The zero-order valence-corrected chi connectivity index (χ0v) is 31.5. The van der Waals surface area contributed by atoms with Gasteiger partial charge in [-0.05, 0) is 91.3 Å². The normalized spacial score (nSPS) is 10.5. The number of rotatable bonds is 11. The highest BCUT2D eigenvalue weighted by molar-refractivity contribution is 7.97. The van der Waals surface area contributed by atoms with Crippen molar-refractivity contribution in [1.29, 1.82) is 0 Å². The van der Waals surface area contributed by atoms with Gasteiger partial charge < -0.3 is 24.1 Å². The van der Waals surface area contributed by atoms with Crippen LogP contribution < -0.4 is 19.3 Å². The molecule has 0 heterocycles. The van der Waals surface area contributed by atoms with E-state index in [1.807, 2.05) is 84.9 Å². The molecule has 0 fully saturated rings. The number of aryl methyl sites for hydroxylation is 1. The number of carbonyl (C=O) groups is 1. The van der Waals surface area contributed by atoms with E-state index in [0.29, 0.717) is 28.4 Å². The third-order valence-corrected chi connectivity index (χ3v) is 10.8. The average molecular weight is 751 g/mol. The quantitative estimate of drug-likeness (QED) is 0.123. The summed E-state index contributed by atoms with van der Waals surface area (Å²) < 4.78 is 18.8. The maximum Gasteiger partial charge on any atom is 0.213 e. The SMILES string of the molecule is Cc1ccc([S+](c2ccccc2)c2ccccc2)cc1.O=C([O-])c1cc(Oc2ccccc2)c(Oc2ccccc2)c(Oc2ccccc2)c1-c1ccccc1. The Kier molecular flexibility index (Phi) is 12.2. The lowest BCUT2D eigenvalue weighted by molar-refractivity contribution is -0.255. The molecule has 6 heteroatoms. The van der Waals surface area contributed by atoms with Crippen molar-refractivity contribution in [3.8, 4) is 45.6 Å². The number of hydrogen-bond acceptors (Lipinski definition) is 5. The lowest BCUT2D eigenvalue weighted by Crippen LogP contribution is -2.23. The summed E-state index contributed by atoms with van der Waals surface area (Å²) in [5.74, 6) is 0.799. The third kappa shape index (κ3) is 9.37. The molecule has 274 valence electrons. The molecule has 8 aromatic carbocycles. The Morgan fingerprint density at radius 2 is 0.821 bits per heavy atom. The van der Waals surface area contributed by atoms with Crippen molar-refractivity contribution in [2.24, 2.45) is 0 Å². The summed E-state index contributed by atoms with van der Waals surface area (Å²) in [4.78, 5) is 16.5. The fraction of sp³-hybridized carbons (Fsp3) is 0.0200. The van der Waals surface area contributed by atoms with Crippen molar-refractivity contribution in [3.63, 3.8) is 0 Å². The van der Waals surface area contributed by atoms with E-state index >= 15 is 0 Å². The van der Waals surface area contributed by atoms with Crippen LogP contribution in [0.3, 0.4) is 0 Å². The van der Waals surface area contributed by atoms with Crippen LogP contribution in [0.4, 0.5) is 0 Å². The molecule has 0 spiro atoms. The topological polar surface area (TPSA) is 67.8 Å². The number of aromatic carboxylic acids is 1. The van der Waals surface area contributed by atoms with E-state index in [0.717, 1.165) is 0 Å². The lowest BCUT2D eigenvalue weighted by Gasteiger charge is -2.23. The Morgan fingerprint density at radius 1 is 0.446 bits per heavy atom. The zero-order chi connectivity index (χ0) is 38.5. The summed E-state index contributed by atoms with van der Waals surface area (Å²) in [6.07, 6.45) is 0. The van der Waals surface area contributed by atoms with E-state index in [4.69, 9.17) is 14.2 Å². The molecule has 0 aromatic heterocycles. The van der Waals surface area contributed by atoms with Gasteiger partial charge in [0.25, 0.3) is 0 Å². The van der Waals surface area contributed by atoms with Crippen molar-refractivity contribution in [3.05, 3.63) is 223 Å². The molecule has 0 aliphatic rings. The first-order valence-electron chi connectivity index (χ1n) is 18.1. The Balaban J connectivity index is 0.000000202. The van der Waals surface area contributed by atoms with Crippen LogP contribution >= 0.6 is 0 Å². The van der Waals surface area contributed by atoms with Crippen molar-refractivity contribution >= 4 is 16.9 Å². The van der Waals surface area contributed by atoms with E-state index < -0.39 is 5.97 Å². The first-order chi connectivity index (χ1) is 27.5. The number of benzene rings is 8. The molecular formula is C50H38O5S. The first kappa shape index (κ1) is 37.3. The van der Waals surface area contributed by atoms with Gasteiger partial charge in [0, 0.05) is 11.1 Å². The first-order valence-corrected chi connectivity index (χ1v) is 19.3. The zero-order valence-electron chi connectivity index (χ0n) is 30.7. The summed E-state index contributed by atoms with van der Waals surface area (Å²) in [5.41, 5.74) is 2.18. The van der Waals surface area contributed by atoms with Crippen LogP contribution in [0.15, 0.2) is 227 Å². The molecule has 0 amide bonds. The summed E-state index contributed by atoms with van der Waals surface area (Å²) in [7, 11) is -0.0229. The minimum absolute atomic E-state index is 0.0229. The maximum absolute atomic E-state index is 12.4. The molecule has 0 atom stereocenters. The largest absolute Gasteiger partial charge is 0.545 e. The standard InChI is InChI=1S/C31H22O5.C19H17S/c32-31(33)26-21-27(34-23-15-7-2-8-16-23)29(35-24-17-9-3-10-18-24)30(36-25-19-11-4-12-20-25)28(26)22-13-5-1-6-14-22;1-16-12-14-19(15-13-16)20(17-8-4-2-5-9-17)18-10-6-3-7-11-18/h1-21H,(H,32,33);2-15H,1H3/q;+1/p-1. The predicted molar refractivity (Wildman–Crippen MR) is 222 cm³/mol. The molecule has 0 radical (unpaired) electrons. The Morgan fingerprint density at radius 3 is 1.27 bits per heavy atom. The summed E-state index contributed by atoms with van der Waals surface area (Å²) in [5, 5.41) is 12.4. The number of carbonyl (C=O) groups excluding carboxylic acids is 1. The molecule has 0 aliphatic heterocycles. The number of carboxylic acid groups (broad SMARTS) is 1. The van der Waals surface area contributed by atoms with Crippen LogP contribution in [-0.4, -0.2) is 5.97 Å². The van der Waals surface area contributed by atoms with Gasteiger partial charge in [-0.25, -0.2) is 0 Å². The minimum atomic E-state index is -1.36. The highest BCUT2D eigenvalue weighted by atomic mass is 32.2. The molecule has 0 unspecified atom stereocenters. The second-order valence-electron chi connectivity index (χ2n) is 12.6. The Labute approximate surface area is 330 Å². The number of carboxylic acids is 1. The van der Waals surface area contributed by atoms with Crippen LogP contribution in [0, 0.1) is 6.92 Å². The second kappa shape index (κ2) is 18.3. The number of hydrogen-bond donors (Lipinski definition) is 0. The van der Waals surface area contributed by atoms with E-state index in [-0.39, 0.29) is 33.7 Å². The molecule has 0 bridgehead atoms. The molecule has 0 N–H and O–H groups in total. The van der Waals surface area contributed by atoms with Crippen molar-refractivity contribution in [1.82, 2.24) is 0 Å². The summed E-state index contributed by atoms with van der Waals surface area (Å²) in [6.45, 7) is 2.13. The third-order valence-electron chi connectivity index (χ3n) is 8.60. The summed E-state index contributed by atoms with van der Waals surface area (Å²) in [6, 6.07) is 68.3. The monoisotopic (exact) mass is 750 g/mol. The van der Waals surface area contributed by atoms with Gasteiger partial charge in [0.15, 0.2) is 26.2 Å². The van der Waals surface area contributed by atoms with Gasteiger partial charge in [-0.2, -0.15) is 0 Å². The van der Waals surface area contributed by atoms with Gasteiger partial charge in [0.05, 0.1) is 16.9 Å². The van der Waals surface area contributed by atoms with Crippen LogP contribution in [0.25, 0.3) is 11.1 Å². The lowest BCUT2D eigenvalue weighted by atomic mass is 9.97. The highest BCUT2D eigenvalue weighted by Gasteiger charge is 2.28. The minimum Gasteiger partial charge on any atom is -0.545 e. The Bertz CT molecular complexity index is 2400. The molecular weight excluding hydrogens is 713 g/mol. The van der Waals surface area contributed by atoms with Gasteiger partial charge in [0.1, 0.15) is 17.2 Å². The van der Waals surface area contributed by atoms with Gasteiger partial charge in [-0.3, -0.25) is 0 Å². The fourth-order valence-corrected chi connectivity index (χ4v) is 8.05. The smallest absolute Gasteiger partial charge is 0.213 e. The van der Waals surface area contributed by atoms with Gasteiger partial charge in [-0.15, -0.1) is 0 Å². The Hall–Kier alpha value is -7.02. The average Bonchev–Trinajstić information content (AvgIpc) is 3.25. The summed E-state index contributed by atoms with van der Waals surface area (Å²) >= 11 is 0. The van der Waals surface area contributed by atoms with Crippen molar-refractivity contribution in [2.45, 2.75) is 21.6 Å². The molecule has 56 heavy (non-hydrogen) atoms. The van der Waals surface area contributed by atoms with Crippen LogP contribution in [0.1, 0.15) is 15.9 Å². The molecule has 8 aromatic rings. The molecule has 8 rings (SSSR count). The van der Waals surface area contributed by atoms with Crippen molar-refractivity contribution in [2.75, 3.05) is 0 Å². The number of para-hydroxylation sites is 3. The van der Waals surface area contributed by atoms with Gasteiger partial charge >= 0.3 is 0 Å². The maximum atomic E-state index is 12.4. The van der Waals surface area contributed by atoms with Crippen LogP contribution in [0.2, 0.25) is 0 Å². The van der Waals surface area contributed by atoms with Crippen molar-refractivity contribution < 1.29 is 24.1 Å². The molecule has 0 saturated heterocycles. The number of ether oxygens (including phenoxy) is 3. The highest BCUT2D eigenvalue weighted by Crippen LogP contribution is 2.51. The second-order valence-corrected chi connectivity index (χ2v) is 14.6. The van der Waals surface area contributed by atoms with E-state index in [2.05, 4.69) is 91.9 Å². The van der Waals surface area contributed by atoms with Gasteiger partial charge in [0.2, 0.25) is 5.75 Å². The molecule has 5 nitrogen and oxygen atoms in total. The molecule has 0 aliphatic carbocycles. The van der Waals surface area contributed by atoms with E-state index in [1.54, 1.807) is 36.4 Å². The molecule has 0 saturated carbocycles.